The maximum Gasteiger partial charge on any atom is 0.143 e. The summed E-state index contributed by atoms with van der Waals surface area (Å²) in [6, 6.07) is 0. The Bertz CT molecular complexity index is 306. The lowest BCUT2D eigenvalue weighted by Crippen LogP contribution is -2.11. The van der Waals surface area contributed by atoms with E-state index < -0.39 is 0 Å². The maximum atomic E-state index is 5.34. The largest absolute Gasteiger partial charge is 0.379 e. The number of nitrogens with zero attached hydrogens (tertiary/aromatic N) is 2. The summed E-state index contributed by atoms with van der Waals surface area (Å²) in [4.78, 5) is 7.94. The highest BCUT2D eigenvalue weighted by molar-refractivity contribution is 9.10. The van der Waals surface area contributed by atoms with Crippen LogP contribution in [-0.4, -0.2) is 29.7 Å². The Morgan fingerprint density at radius 1 is 1.53 bits per heavy atom. The molecule has 0 aromatic carbocycles. The number of aromatic nitrogens is 2. The quantitative estimate of drug-likeness (QED) is 0.611. The van der Waals surface area contributed by atoms with Gasteiger partial charge in [0.15, 0.2) is 0 Å². The van der Waals surface area contributed by atoms with Crippen LogP contribution < -0.4 is 5.32 Å². The topological polar surface area (TPSA) is 47.0 Å². The first kappa shape index (κ1) is 12.1. The van der Waals surface area contributed by atoms with Crippen molar-refractivity contribution < 1.29 is 4.74 Å². The van der Waals surface area contributed by atoms with Gasteiger partial charge in [-0.05, 0) is 22.4 Å². The fourth-order valence-corrected chi connectivity index (χ4v) is 1.31. The van der Waals surface area contributed by atoms with Crippen molar-refractivity contribution in [1.82, 2.24) is 9.97 Å². The van der Waals surface area contributed by atoms with E-state index in [0.29, 0.717) is 6.61 Å². The lowest BCUT2D eigenvalue weighted by molar-refractivity contribution is 0.149. The van der Waals surface area contributed by atoms with Crippen LogP contribution in [0.2, 0.25) is 0 Å². The average Bonchev–Trinajstić information content (AvgIpc) is 2.25. The first-order valence-electron chi connectivity index (χ1n) is 4.72. The Morgan fingerprint density at radius 2 is 2.40 bits per heavy atom. The number of rotatable bonds is 7. The lowest BCUT2D eigenvalue weighted by atomic mass is 10.4. The monoisotopic (exact) mass is 271 g/mol. The van der Waals surface area contributed by atoms with E-state index in [9.17, 15) is 0 Å². The van der Waals surface area contributed by atoms with Gasteiger partial charge in [0.25, 0.3) is 0 Å². The van der Waals surface area contributed by atoms with E-state index in [1.807, 2.05) is 6.08 Å². The van der Waals surface area contributed by atoms with E-state index >= 15 is 0 Å². The first-order chi connectivity index (χ1) is 7.34. The molecule has 0 unspecified atom stereocenters. The molecule has 0 radical (unpaired) electrons. The Morgan fingerprint density at radius 3 is 3.13 bits per heavy atom. The Kier molecular flexibility index (Phi) is 5.96. The van der Waals surface area contributed by atoms with Crippen molar-refractivity contribution in [3.8, 4) is 0 Å². The van der Waals surface area contributed by atoms with Crippen LogP contribution in [0.1, 0.15) is 6.42 Å². The summed E-state index contributed by atoms with van der Waals surface area (Å²) in [6.07, 6.45) is 5.94. The molecule has 82 valence electrons. The molecule has 0 atom stereocenters. The van der Waals surface area contributed by atoms with Crippen molar-refractivity contribution in [3.63, 3.8) is 0 Å². The predicted octanol–water partition coefficient (Wildman–Crippen LogP) is 2.24. The summed E-state index contributed by atoms with van der Waals surface area (Å²) in [6.45, 7) is 5.72. The Balaban J connectivity index is 2.15. The van der Waals surface area contributed by atoms with Crippen molar-refractivity contribution in [2.45, 2.75) is 6.42 Å². The zero-order chi connectivity index (χ0) is 10.9. The van der Waals surface area contributed by atoms with E-state index in [-0.39, 0.29) is 0 Å². The first-order valence-corrected chi connectivity index (χ1v) is 5.52. The van der Waals surface area contributed by atoms with Crippen molar-refractivity contribution in [2.24, 2.45) is 0 Å². The summed E-state index contributed by atoms with van der Waals surface area (Å²) in [7, 11) is 0. The molecule has 0 saturated carbocycles. The predicted molar refractivity (Wildman–Crippen MR) is 63.9 cm³/mol. The highest BCUT2D eigenvalue weighted by Crippen LogP contribution is 2.16. The minimum atomic E-state index is 0.657. The molecule has 1 rings (SSSR count). The van der Waals surface area contributed by atoms with Gasteiger partial charge in [-0.2, -0.15) is 0 Å². The van der Waals surface area contributed by atoms with Crippen molar-refractivity contribution >= 4 is 21.7 Å². The van der Waals surface area contributed by atoms with Gasteiger partial charge in [-0.15, -0.1) is 6.58 Å². The van der Waals surface area contributed by atoms with Gasteiger partial charge in [-0.25, -0.2) is 9.97 Å². The second-order valence-electron chi connectivity index (χ2n) is 2.84. The molecule has 0 aliphatic rings. The minimum absolute atomic E-state index is 0.657. The van der Waals surface area contributed by atoms with Gasteiger partial charge in [0.2, 0.25) is 0 Å². The van der Waals surface area contributed by atoms with Crippen LogP contribution in [-0.2, 0) is 4.74 Å². The van der Waals surface area contributed by atoms with Crippen LogP contribution >= 0.6 is 15.9 Å². The van der Waals surface area contributed by atoms with Gasteiger partial charge >= 0.3 is 0 Å². The second-order valence-corrected chi connectivity index (χ2v) is 3.69. The second kappa shape index (κ2) is 7.36. The van der Waals surface area contributed by atoms with Crippen molar-refractivity contribution in [1.29, 1.82) is 0 Å². The Hall–Kier alpha value is -0.940. The fourth-order valence-electron chi connectivity index (χ4n) is 0.953. The van der Waals surface area contributed by atoms with E-state index in [1.54, 1.807) is 6.20 Å². The molecular weight excluding hydrogens is 258 g/mol. The molecule has 4 nitrogen and oxygen atoms in total. The third-order valence-corrected chi connectivity index (χ3v) is 2.25. The normalized spacial score (nSPS) is 9.93. The van der Waals surface area contributed by atoms with E-state index in [0.717, 1.165) is 29.9 Å². The van der Waals surface area contributed by atoms with Crippen LogP contribution in [0.5, 0.6) is 0 Å². The standard InChI is InChI=1S/C10H14BrN3O/c1-2-3-5-15-6-4-13-10-9(11)7-12-8-14-10/h2,7-8H,1,3-6H2,(H,12,13,14). The van der Waals surface area contributed by atoms with Crippen LogP contribution in [0.4, 0.5) is 5.82 Å². The molecule has 0 amide bonds. The molecule has 1 aromatic rings. The van der Waals surface area contributed by atoms with E-state index in [1.165, 1.54) is 6.33 Å². The van der Waals surface area contributed by atoms with E-state index in [2.05, 4.69) is 37.8 Å². The van der Waals surface area contributed by atoms with Gasteiger partial charge in [0, 0.05) is 12.7 Å². The highest BCUT2D eigenvalue weighted by Gasteiger charge is 1.98. The molecule has 5 heteroatoms. The third kappa shape index (κ3) is 4.90. The molecule has 0 aliphatic carbocycles. The molecule has 1 N–H and O–H groups in total. The number of halogens is 1. The maximum absolute atomic E-state index is 5.34. The van der Waals surface area contributed by atoms with E-state index in [4.69, 9.17) is 4.74 Å². The van der Waals surface area contributed by atoms with Crippen molar-refractivity contribution in [2.75, 3.05) is 25.1 Å². The van der Waals surface area contributed by atoms with Crippen LogP contribution in [0.25, 0.3) is 0 Å². The molecule has 0 bridgehead atoms. The van der Waals surface area contributed by atoms with Gasteiger partial charge in [-0.1, -0.05) is 6.08 Å². The zero-order valence-corrected chi connectivity index (χ0v) is 10.0. The number of hydrogen-bond acceptors (Lipinski definition) is 4. The summed E-state index contributed by atoms with van der Waals surface area (Å²) in [5.41, 5.74) is 0. The zero-order valence-electron chi connectivity index (χ0n) is 8.45. The van der Waals surface area contributed by atoms with Gasteiger partial charge in [0.1, 0.15) is 12.1 Å². The third-order valence-electron chi connectivity index (χ3n) is 1.67. The number of anilines is 1. The molecule has 15 heavy (non-hydrogen) atoms. The number of ether oxygens (including phenoxy) is 1. The molecule has 0 saturated heterocycles. The van der Waals surface area contributed by atoms with Crippen LogP contribution in [0, 0.1) is 0 Å². The molecular formula is C10H14BrN3O. The average molecular weight is 272 g/mol. The highest BCUT2D eigenvalue weighted by atomic mass is 79.9. The molecule has 0 aliphatic heterocycles. The number of hydrogen-bond donors (Lipinski definition) is 1. The van der Waals surface area contributed by atoms with Gasteiger partial charge in [0.05, 0.1) is 17.7 Å². The van der Waals surface area contributed by atoms with Crippen LogP contribution in [0.15, 0.2) is 29.7 Å². The molecule has 0 fully saturated rings. The molecule has 0 spiro atoms. The minimum Gasteiger partial charge on any atom is -0.379 e. The molecule has 1 aromatic heterocycles. The number of nitrogens with one attached hydrogen (secondary N) is 1. The lowest BCUT2D eigenvalue weighted by Gasteiger charge is -2.06. The van der Waals surface area contributed by atoms with Gasteiger partial charge in [-0.3, -0.25) is 0 Å². The SMILES string of the molecule is C=CCCOCCNc1ncncc1Br. The summed E-state index contributed by atoms with van der Waals surface area (Å²) in [5.74, 6) is 0.789. The molecule has 1 heterocycles. The summed E-state index contributed by atoms with van der Waals surface area (Å²) in [5, 5.41) is 3.14. The van der Waals surface area contributed by atoms with Crippen molar-refractivity contribution in [3.05, 3.63) is 29.7 Å². The van der Waals surface area contributed by atoms with Crippen LogP contribution in [0.3, 0.4) is 0 Å². The van der Waals surface area contributed by atoms with Gasteiger partial charge < -0.3 is 10.1 Å². The summed E-state index contributed by atoms with van der Waals surface area (Å²) < 4.78 is 6.20. The fraction of sp³-hybridized carbons (Fsp3) is 0.400. The smallest absolute Gasteiger partial charge is 0.143 e. The summed E-state index contributed by atoms with van der Waals surface area (Å²) >= 11 is 3.35. The Labute approximate surface area is 97.9 Å².